The summed E-state index contributed by atoms with van der Waals surface area (Å²) >= 11 is 0. The lowest BCUT2D eigenvalue weighted by molar-refractivity contribution is 0.228. The Kier molecular flexibility index (Phi) is 6.47. The fourth-order valence-electron chi connectivity index (χ4n) is 6.01. The van der Waals surface area contributed by atoms with Crippen molar-refractivity contribution in [2.75, 3.05) is 14.1 Å². The largest absolute Gasteiger partial charge is 0.306 e. The van der Waals surface area contributed by atoms with E-state index >= 15 is 0 Å². The quantitative estimate of drug-likeness (QED) is 0.547. The van der Waals surface area contributed by atoms with E-state index in [1.54, 1.807) is 25.7 Å². The Labute approximate surface area is 146 Å². The zero-order chi connectivity index (χ0) is 16.4. The van der Waals surface area contributed by atoms with E-state index in [0.717, 1.165) is 34.9 Å². The number of nitrogens with zero attached hydrogens (tertiary/aromatic N) is 1. The minimum absolute atomic E-state index is 0.256. The minimum atomic E-state index is 0.256. The van der Waals surface area contributed by atoms with Crippen LogP contribution in [0.2, 0.25) is 0 Å². The molecule has 0 amide bonds. The lowest BCUT2D eigenvalue weighted by atomic mass is 9.97. The predicted octanol–water partition coefficient (Wildman–Crippen LogP) is 6.11. The molecule has 3 rings (SSSR count). The van der Waals surface area contributed by atoms with Crippen LogP contribution in [0, 0.1) is 11.8 Å². The molecule has 1 nitrogen and oxygen atoms in total. The van der Waals surface area contributed by atoms with E-state index in [2.05, 4.69) is 32.8 Å². The average molecular weight is 338 g/mol. The van der Waals surface area contributed by atoms with E-state index in [-0.39, 0.29) is 7.92 Å². The normalized spacial score (nSPS) is 36.7. The number of hydrogen-bond acceptors (Lipinski definition) is 1. The lowest BCUT2D eigenvalue weighted by Gasteiger charge is -2.45. The molecule has 0 aromatic carbocycles. The second kappa shape index (κ2) is 8.18. The van der Waals surface area contributed by atoms with Gasteiger partial charge >= 0.3 is 0 Å². The molecule has 0 spiro atoms. The van der Waals surface area contributed by atoms with Gasteiger partial charge < -0.3 is 4.90 Å². The van der Waals surface area contributed by atoms with Gasteiger partial charge in [0, 0.05) is 6.04 Å². The van der Waals surface area contributed by atoms with Gasteiger partial charge in [-0.3, -0.25) is 0 Å². The van der Waals surface area contributed by atoms with Crippen LogP contribution in [0.25, 0.3) is 0 Å². The third-order valence-corrected chi connectivity index (χ3v) is 11.8. The van der Waals surface area contributed by atoms with Crippen LogP contribution in [0.4, 0.5) is 0 Å². The topological polar surface area (TPSA) is 3.24 Å². The van der Waals surface area contributed by atoms with E-state index in [4.69, 9.17) is 0 Å². The van der Waals surface area contributed by atoms with E-state index in [1.807, 2.05) is 0 Å². The molecule has 0 saturated heterocycles. The summed E-state index contributed by atoms with van der Waals surface area (Å²) in [5.41, 5.74) is 3.34. The first kappa shape index (κ1) is 18.2. The van der Waals surface area contributed by atoms with Crippen molar-refractivity contribution < 1.29 is 0 Å². The lowest BCUT2D eigenvalue weighted by Crippen LogP contribution is -2.39. The summed E-state index contributed by atoms with van der Waals surface area (Å²) in [6, 6.07) is 0.778. The molecule has 2 heteroatoms. The molecule has 3 saturated carbocycles. The second-order valence-electron chi connectivity index (χ2n) is 9.09. The first-order valence-electron chi connectivity index (χ1n) is 10.5. The number of hydrogen-bond donors (Lipinski definition) is 0. The molecule has 134 valence electrons. The van der Waals surface area contributed by atoms with Crippen LogP contribution >= 0.6 is 7.92 Å². The maximum Gasteiger partial charge on any atom is 0.00952 e. The Bertz CT molecular complexity index is 357. The minimum Gasteiger partial charge on any atom is -0.306 e. The summed E-state index contributed by atoms with van der Waals surface area (Å²) in [4.78, 5) is 2.51. The molecule has 0 heterocycles. The maximum atomic E-state index is 2.61. The second-order valence-corrected chi connectivity index (χ2v) is 12.0. The summed E-state index contributed by atoms with van der Waals surface area (Å²) in [5.74, 6) is 1.98. The maximum absolute atomic E-state index is 2.61. The Morgan fingerprint density at radius 1 is 0.783 bits per heavy atom. The first-order chi connectivity index (χ1) is 11.1. The fourth-order valence-corrected chi connectivity index (χ4v) is 11.1. The summed E-state index contributed by atoms with van der Waals surface area (Å²) in [6.45, 7) is 5.12. The van der Waals surface area contributed by atoms with Gasteiger partial charge in [0.2, 0.25) is 0 Å². The third kappa shape index (κ3) is 3.98. The molecule has 3 aliphatic carbocycles. The summed E-state index contributed by atoms with van der Waals surface area (Å²) in [5, 5.41) is 0. The van der Waals surface area contributed by atoms with Crippen LogP contribution < -0.4 is 0 Å². The van der Waals surface area contributed by atoms with Gasteiger partial charge in [-0.05, 0) is 88.4 Å². The van der Waals surface area contributed by atoms with Crippen molar-refractivity contribution in [1.82, 2.24) is 4.90 Å². The fraction of sp³-hybridized carbons (Fsp3) is 1.00. The van der Waals surface area contributed by atoms with Gasteiger partial charge in [-0.1, -0.05) is 46.9 Å². The third-order valence-electron chi connectivity index (χ3n) is 7.50. The highest BCUT2D eigenvalue weighted by molar-refractivity contribution is 7.60. The van der Waals surface area contributed by atoms with Gasteiger partial charge in [0.05, 0.1) is 0 Å². The van der Waals surface area contributed by atoms with Crippen LogP contribution in [0.5, 0.6) is 0 Å². The highest BCUT2D eigenvalue weighted by Crippen LogP contribution is 2.65. The van der Waals surface area contributed by atoms with Crippen LogP contribution in [0.3, 0.4) is 0 Å². The Morgan fingerprint density at radius 3 is 1.83 bits per heavy atom. The molecule has 0 radical (unpaired) electrons. The average Bonchev–Trinajstić information content (AvgIpc) is 3.19. The summed E-state index contributed by atoms with van der Waals surface area (Å²) < 4.78 is 0. The van der Waals surface area contributed by atoms with Gasteiger partial charge in [0.15, 0.2) is 0 Å². The Hall–Kier alpha value is 0.390. The summed E-state index contributed by atoms with van der Waals surface area (Å²) in [7, 11) is 4.87. The standard InChI is InChI=1S/C21H40NP/c1-16-14-15-20(17(2)22(3)4)21(16)23(19-12-8-9-13-19)18-10-6-5-7-11-18/h16-21H,5-15H2,1-4H3/t16?,17-,20?,21?,23-/m1/s1. The molecule has 23 heavy (non-hydrogen) atoms. The molecule has 0 aromatic rings. The van der Waals surface area contributed by atoms with Crippen molar-refractivity contribution in [3.8, 4) is 0 Å². The van der Waals surface area contributed by atoms with Crippen LogP contribution in [-0.4, -0.2) is 42.0 Å². The van der Waals surface area contributed by atoms with Gasteiger partial charge in [-0.2, -0.15) is 0 Å². The Morgan fingerprint density at radius 2 is 1.30 bits per heavy atom. The molecule has 0 aromatic heterocycles. The van der Waals surface area contributed by atoms with E-state index < -0.39 is 0 Å². The van der Waals surface area contributed by atoms with Crippen LogP contribution in [-0.2, 0) is 0 Å². The molecular weight excluding hydrogens is 297 g/mol. The van der Waals surface area contributed by atoms with Gasteiger partial charge in [0.25, 0.3) is 0 Å². The zero-order valence-electron chi connectivity index (χ0n) is 16.1. The van der Waals surface area contributed by atoms with Crippen molar-refractivity contribution in [2.24, 2.45) is 11.8 Å². The van der Waals surface area contributed by atoms with E-state index in [1.165, 1.54) is 44.9 Å². The van der Waals surface area contributed by atoms with Crippen molar-refractivity contribution >= 4 is 7.92 Å². The molecule has 3 fully saturated rings. The Balaban J connectivity index is 1.83. The SMILES string of the molecule is CC1CCC([C@@H](C)N(C)C)C1[P@](C1CCCCC1)C1CCCC1. The van der Waals surface area contributed by atoms with E-state index in [9.17, 15) is 0 Å². The van der Waals surface area contributed by atoms with Crippen molar-refractivity contribution in [2.45, 2.75) is 107 Å². The molecule has 0 N–H and O–H groups in total. The molecular formula is C21H40NP. The molecule has 0 bridgehead atoms. The molecule has 0 aliphatic heterocycles. The van der Waals surface area contributed by atoms with Crippen molar-refractivity contribution in [3.63, 3.8) is 0 Å². The van der Waals surface area contributed by atoms with Gasteiger partial charge in [-0.15, -0.1) is 0 Å². The van der Waals surface area contributed by atoms with Crippen molar-refractivity contribution in [1.29, 1.82) is 0 Å². The van der Waals surface area contributed by atoms with E-state index in [0.29, 0.717) is 0 Å². The highest BCUT2D eigenvalue weighted by atomic mass is 31.1. The smallest absolute Gasteiger partial charge is 0.00952 e. The van der Waals surface area contributed by atoms with Gasteiger partial charge in [-0.25, -0.2) is 0 Å². The predicted molar refractivity (Wildman–Crippen MR) is 105 cm³/mol. The number of rotatable bonds is 5. The molecule has 3 aliphatic rings. The highest BCUT2D eigenvalue weighted by Gasteiger charge is 2.46. The first-order valence-corrected chi connectivity index (χ1v) is 12.1. The zero-order valence-corrected chi connectivity index (χ0v) is 17.0. The van der Waals surface area contributed by atoms with Gasteiger partial charge in [0.1, 0.15) is 0 Å². The van der Waals surface area contributed by atoms with Crippen LogP contribution in [0.1, 0.15) is 84.5 Å². The monoisotopic (exact) mass is 337 g/mol. The molecule has 5 atom stereocenters. The molecule has 3 unspecified atom stereocenters. The van der Waals surface area contributed by atoms with Crippen LogP contribution in [0.15, 0.2) is 0 Å². The van der Waals surface area contributed by atoms with Crippen molar-refractivity contribution in [3.05, 3.63) is 0 Å². The summed E-state index contributed by atoms with van der Waals surface area (Å²) in [6.07, 6.45) is 17.0.